The molecule has 0 aliphatic carbocycles. The molecule has 2 heterocycles. The minimum Gasteiger partial charge on any atom is -0.284 e. The van der Waals surface area contributed by atoms with E-state index in [0.717, 1.165) is 27.3 Å². The number of thiophene rings is 1. The molecule has 0 N–H and O–H groups in total. The van der Waals surface area contributed by atoms with Crippen LogP contribution in [0.2, 0.25) is 0 Å². The first-order valence-corrected chi connectivity index (χ1v) is 8.46. The molecule has 0 aliphatic rings. The van der Waals surface area contributed by atoms with E-state index < -0.39 is 0 Å². The monoisotopic (exact) mass is 322 g/mol. The smallest absolute Gasteiger partial charge is 0.263 e. The Kier molecular flexibility index (Phi) is 4.06. The van der Waals surface area contributed by atoms with E-state index in [0.29, 0.717) is 11.8 Å². The first-order valence-electron chi connectivity index (χ1n) is 7.58. The molecule has 3 aromatic rings. The van der Waals surface area contributed by atoms with Gasteiger partial charge in [0.05, 0.1) is 11.9 Å². The maximum atomic E-state index is 13.0. The molecule has 0 aliphatic heterocycles. The van der Waals surface area contributed by atoms with Crippen LogP contribution in [0.25, 0.3) is 21.3 Å². The summed E-state index contributed by atoms with van der Waals surface area (Å²) < 4.78 is 1.61. The molecule has 0 saturated carbocycles. The van der Waals surface area contributed by atoms with Crippen LogP contribution in [0.15, 0.2) is 28.4 Å². The molecule has 23 heavy (non-hydrogen) atoms. The van der Waals surface area contributed by atoms with Gasteiger partial charge in [0.15, 0.2) is 0 Å². The molecule has 3 nitrogen and oxygen atoms in total. The zero-order valence-electron chi connectivity index (χ0n) is 13.5. The zero-order valence-corrected chi connectivity index (χ0v) is 14.3. The lowest BCUT2D eigenvalue weighted by molar-refractivity contribution is 0.712. The van der Waals surface area contributed by atoms with Crippen molar-refractivity contribution in [2.24, 2.45) is 0 Å². The van der Waals surface area contributed by atoms with Crippen molar-refractivity contribution in [3.8, 4) is 23.5 Å². The molecular weight excluding hydrogens is 304 g/mol. The highest BCUT2D eigenvalue weighted by molar-refractivity contribution is 7.17. The van der Waals surface area contributed by atoms with E-state index in [1.807, 2.05) is 12.3 Å². The second-order valence-electron chi connectivity index (χ2n) is 5.62. The van der Waals surface area contributed by atoms with E-state index in [-0.39, 0.29) is 12.1 Å². The van der Waals surface area contributed by atoms with Crippen molar-refractivity contribution >= 4 is 21.6 Å². The van der Waals surface area contributed by atoms with Crippen molar-refractivity contribution in [3.05, 3.63) is 50.9 Å². The quantitative estimate of drug-likeness (QED) is 0.685. The van der Waals surface area contributed by atoms with Crippen LogP contribution < -0.4 is 5.56 Å². The molecule has 2 aromatic heterocycles. The summed E-state index contributed by atoms with van der Waals surface area (Å²) in [6, 6.07) is 6.27. The molecule has 3 rings (SSSR count). The number of aryl methyl sites for hydroxylation is 3. The average Bonchev–Trinajstić information content (AvgIpc) is 2.94. The highest BCUT2D eigenvalue weighted by Crippen LogP contribution is 2.33. The molecule has 4 heteroatoms. The third-order valence-electron chi connectivity index (χ3n) is 4.01. The predicted molar refractivity (Wildman–Crippen MR) is 97.0 cm³/mol. The van der Waals surface area contributed by atoms with Crippen molar-refractivity contribution in [2.75, 3.05) is 0 Å². The zero-order chi connectivity index (χ0) is 16.6. The number of hydrogen-bond acceptors (Lipinski definition) is 3. The molecule has 0 amide bonds. The fourth-order valence-electron chi connectivity index (χ4n) is 2.90. The number of fused-ring (bicyclic) bond motifs is 1. The van der Waals surface area contributed by atoms with Gasteiger partial charge < -0.3 is 0 Å². The van der Waals surface area contributed by atoms with Crippen LogP contribution in [0.1, 0.15) is 23.9 Å². The Morgan fingerprint density at radius 2 is 2.09 bits per heavy atom. The molecule has 0 saturated heterocycles. The molecular formula is C19H18N2OS. The van der Waals surface area contributed by atoms with E-state index in [9.17, 15) is 4.79 Å². The van der Waals surface area contributed by atoms with Crippen LogP contribution in [0.4, 0.5) is 0 Å². The molecule has 0 radical (unpaired) electrons. The first kappa shape index (κ1) is 15.5. The summed E-state index contributed by atoms with van der Waals surface area (Å²) in [5.74, 6) is 3.31. The van der Waals surface area contributed by atoms with Gasteiger partial charge >= 0.3 is 0 Å². The van der Waals surface area contributed by atoms with Gasteiger partial charge in [-0.2, -0.15) is 0 Å². The minimum absolute atomic E-state index is 0.0407. The number of terminal acetylenes is 1. The van der Waals surface area contributed by atoms with E-state index >= 15 is 0 Å². The first-order chi connectivity index (χ1) is 11.1. The van der Waals surface area contributed by atoms with Gasteiger partial charge in [-0.1, -0.05) is 36.6 Å². The highest BCUT2D eigenvalue weighted by atomic mass is 32.1. The van der Waals surface area contributed by atoms with Crippen molar-refractivity contribution in [1.82, 2.24) is 9.55 Å². The van der Waals surface area contributed by atoms with Crippen LogP contribution in [-0.2, 0) is 13.0 Å². The molecule has 0 atom stereocenters. The molecule has 0 fully saturated rings. The fourth-order valence-corrected chi connectivity index (χ4v) is 3.85. The number of nitrogens with zero attached hydrogens (tertiary/aromatic N) is 2. The topological polar surface area (TPSA) is 34.9 Å². The van der Waals surface area contributed by atoms with Crippen LogP contribution in [-0.4, -0.2) is 9.55 Å². The number of benzene rings is 1. The Morgan fingerprint density at radius 3 is 2.74 bits per heavy atom. The number of hydrogen-bond donors (Lipinski definition) is 0. The molecule has 1 aromatic carbocycles. The lowest BCUT2D eigenvalue weighted by Crippen LogP contribution is -2.24. The van der Waals surface area contributed by atoms with Crippen molar-refractivity contribution in [1.29, 1.82) is 0 Å². The maximum Gasteiger partial charge on any atom is 0.263 e. The van der Waals surface area contributed by atoms with Gasteiger partial charge in [-0.05, 0) is 25.0 Å². The van der Waals surface area contributed by atoms with E-state index in [1.165, 1.54) is 16.9 Å². The largest absolute Gasteiger partial charge is 0.284 e. The van der Waals surface area contributed by atoms with Crippen LogP contribution in [0.3, 0.4) is 0 Å². The third kappa shape index (κ3) is 2.58. The number of aromatic nitrogens is 2. The van der Waals surface area contributed by atoms with E-state index in [2.05, 4.69) is 43.0 Å². The Balaban J connectivity index is 2.34. The third-order valence-corrected chi connectivity index (χ3v) is 4.88. The van der Waals surface area contributed by atoms with Gasteiger partial charge in [0, 0.05) is 17.4 Å². The highest BCUT2D eigenvalue weighted by Gasteiger charge is 2.17. The van der Waals surface area contributed by atoms with Gasteiger partial charge in [-0.15, -0.1) is 17.8 Å². The SMILES string of the molecule is C#CCn1c(CC)nc2scc(-c3ccc(C)cc3C)c2c1=O. The van der Waals surface area contributed by atoms with Crippen LogP contribution in [0, 0.1) is 26.2 Å². The molecule has 0 bridgehead atoms. The maximum absolute atomic E-state index is 13.0. The summed E-state index contributed by atoms with van der Waals surface area (Å²) in [5, 5.41) is 2.70. The van der Waals surface area contributed by atoms with Gasteiger partial charge in [0.2, 0.25) is 0 Å². The summed E-state index contributed by atoms with van der Waals surface area (Å²) in [7, 11) is 0. The second-order valence-corrected chi connectivity index (χ2v) is 6.48. The lowest BCUT2D eigenvalue weighted by atomic mass is 9.99. The predicted octanol–water partition coefficient (Wildman–Crippen LogP) is 3.94. The molecule has 0 unspecified atom stereocenters. The summed E-state index contributed by atoms with van der Waals surface area (Å²) in [4.78, 5) is 18.4. The average molecular weight is 322 g/mol. The van der Waals surface area contributed by atoms with E-state index in [1.54, 1.807) is 4.57 Å². The Bertz CT molecular complexity index is 989. The van der Waals surface area contributed by atoms with Gasteiger partial charge in [-0.3, -0.25) is 9.36 Å². The second kappa shape index (κ2) is 6.02. The van der Waals surface area contributed by atoms with Gasteiger partial charge in [0.1, 0.15) is 10.7 Å². The normalized spacial score (nSPS) is 10.9. The van der Waals surface area contributed by atoms with Crippen molar-refractivity contribution < 1.29 is 0 Å². The fraction of sp³-hybridized carbons (Fsp3) is 0.263. The van der Waals surface area contributed by atoms with Crippen molar-refractivity contribution in [2.45, 2.75) is 33.7 Å². The van der Waals surface area contributed by atoms with Gasteiger partial charge in [0.25, 0.3) is 5.56 Å². The lowest BCUT2D eigenvalue weighted by Gasteiger charge is -2.10. The van der Waals surface area contributed by atoms with Crippen LogP contribution >= 0.6 is 11.3 Å². The Labute approximate surface area is 139 Å². The summed E-state index contributed by atoms with van der Waals surface area (Å²) in [6.07, 6.45) is 6.11. The summed E-state index contributed by atoms with van der Waals surface area (Å²) in [5.41, 5.74) is 4.36. The number of rotatable bonds is 3. The molecule has 116 valence electrons. The summed E-state index contributed by atoms with van der Waals surface area (Å²) >= 11 is 1.52. The Hall–Kier alpha value is -2.38. The van der Waals surface area contributed by atoms with Gasteiger partial charge in [-0.25, -0.2) is 4.98 Å². The summed E-state index contributed by atoms with van der Waals surface area (Å²) in [6.45, 7) is 6.38. The minimum atomic E-state index is -0.0407. The van der Waals surface area contributed by atoms with Crippen LogP contribution in [0.5, 0.6) is 0 Å². The van der Waals surface area contributed by atoms with Crippen molar-refractivity contribution in [3.63, 3.8) is 0 Å². The van der Waals surface area contributed by atoms with E-state index in [4.69, 9.17) is 6.42 Å². The Morgan fingerprint density at radius 1 is 1.30 bits per heavy atom. The molecule has 0 spiro atoms. The standard InChI is InChI=1S/C19H18N2OS/c1-5-9-21-16(6-2)20-18-17(19(21)22)15(11-23-18)14-8-7-12(3)10-13(14)4/h1,7-8,10-11H,6,9H2,2-4H3.